The molecule has 0 saturated carbocycles. The van der Waals surface area contributed by atoms with Crippen LogP contribution in [-0.2, 0) is 9.59 Å². The van der Waals surface area contributed by atoms with Crippen molar-refractivity contribution in [3.63, 3.8) is 0 Å². The van der Waals surface area contributed by atoms with E-state index in [1.807, 2.05) is 6.07 Å². The fourth-order valence-electron chi connectivity index (χ4n) is 4.77. The lowest BCUT2D eigenvalue weighted by atomic mass is 9.95. The van der Waals surface area contributed by atoms with Gasteiger partial charge in [-0.2, -0.15) is 0 Å². The van der Waals surface area contributed by atoms with Gasteiger partial charge in [0.2, 0.25) is 0 Å². The number of hydrogen-bond acceptors (Lipinski definition) is 9. The number of carbonyl (C=O) groups excluding carboxylic acids is 2. The second kappa shape index (κ2) is 12.1. The summed E-state index contributed by atoms with van der Waals surface area (Å²) in [5, 5.41) is 11.8. The van der Waals surface area contributed by atoms with Crippen LogP contribution in [0.2, 0.25) is 0 Å². The van der Waals surface area contributed by atoms with Gasteiger partial charge in [0.25, 0.3) is 5.78 Å². The molecule has 1 unspecified atom stereocenters. The third kappa shape index (κ3) is 5.49. The van der Waals surface area contributed by atoms with Crippen molar-refractivity contribution in [1.29, 1.82) is 0 Å². The summed E-state index contributed by atoms with van der Waals surface area (Å²) in [5.74, 6) is 0.650. The van der Waals surface area contributed by atoms with Crippen LogP contribution >= 0.6 is 11.3 Å². The average Bonchev–Trinajstić information content (AvgIpc) is 3.53. The van der Waals surface area contributed by atoms with Crippen molar-refractivity contribution in [2.75, 3.05) is 32.8 Å². The fourth-order valence-corrected chi connectivity index (χ4v) is 5.79. The summed E-state index contributed by atoms with van der Waals surface area (Å²) in [6.07, 6.45) is 0.869. The van der Waals surface area contributed by atoms with Crippen molar-refractivity contribution in [2.24, 2.45) is 5.92 Å². The number of benzene rings is 3. The Balaban J connectivity index is 1.67. The van der Waals surface area contributed by atoms with Crippen LogP contribution in [0.1, 0.15) is 37.4 Å². The van der Waals surface area contributed by atoms with Gasteiger partial charge in [0.15, 0.2) is 16.6 Å². The molecule has 1 aliphatic rings. The molecular formula is C32H32N2O7S. The average molecular weight is 589 g/mol. The van der Waals surface area contributed by atoms with E-state index in [1.54, 1.807) is 61.7 Å². The Bertz CT molecular complexity index is 1680. The molecule has 218 valence electrons. The van der Waals surface area contributed by atoms with E-state index in [2.05, 4.69) is 18.8 Å². The van der Waals surface area contributed by atoms with Crippen LogP contribution in [0.25, 0.3) is 16.0 Å². The maximum atomic E-state index is 13.7. The summed E-state index contributed by atoms with van der Waals surface area (Å²) in [6.45, 7) is 4.75. The smallest absolute Gasteiger partial charge is 0.301 e. The number of fused-ring (bicyclic) bond motifs is 1. The molecule has 9 nitrogen and oxygen atoms in total. The lowest BCUT2D eigenvalue weighted by Gasteiger charge is -2.24. The Kier molecular flexibility index (Phi) is 8.35. The topological polar surface area (TPSA) is 107 Å². The Morgan fingerprint density at radius 1 is 0.952 bits per heavy atom. The van der Waals surface area contributed by atoms with Crippen LogP contribution in [0.15, 0.2) is 66.2 Å². The highest BCUT2D eigenvalue weighted by atomic mass is 32.1. The Labute approximate surface area is 247 Å². The molecule has 2 heterocycles. The van der Waals surface area contributed by atoms with Gasteiger partial charge in [-0.25, -0.2) is 4.98 Å². The zero-order chi connectivity index (χ0) is 30.0. The molecule has 1 aliphatic heterocycles. The normalized spacial score (nSPS) is 16.3. The number of aliphatic hydroxyl groups is 1. The summed E-state index contributed by atoms with van der Waals surface area (Å²) < 4.78 is 23.1. The molecule has 0 aliphatic carbocycles. The van der Waals surface area contributed by atoms with Crippen molar-refractivity contribution in [3.8, 4) is 23.0 Å². The molecule has 0 bridgehead atoms. The van der Waals surface area contributed by atoms with Gasteiger partial charge in [-0.15, -0.1) is 0 Å². The molecular weight excluding hydrogens is 556 g/mol. The molecule has 4 aromatic rings. The van der Waals surface area contributed by atoms with E-state index in [-0.39, 0.29) is 11.3 Å². The van der Waals surface area contributed by atoms with Crippen LogP contribution in [0.4, 0.5) is 5.13 Å². The summed E-state index contributed by atoms with van der Waals surface area (Å²) in [7, 11) is 4.61. The van der Waals surface area contributed by atoms with Crippen LogP contribution in [0, 0.1) is 5.92 Å². The minimum Gasteiger partial charge on any atom is -0.507 e. The minimum atomic E-state index is -0.989. The van der Waals surface area contributed by atoms with E-state index in [9.17, 15) is 14.7 Å². The molecule has 1 atom stereocenters. The molecule has 1 N–H and O–H groups in total. The molecule has 0 radical (unpaired) electrons. The molecule has 1 fully saturated rings. The molecule has 5 rings (SSSR count). The molecule has 10 heteroatoms. The van der Waals surface area contributed by atoms with Crippen molar-refractivity contribution in [1.82, 2.24) is 4.98 Å². The minimum absolute atomic E-state index is 0.0689. The number of methoxy groups -OCH3 is 3. The first kappa shape index (κ1) is 28.9. The first-order chi connectivity index (χ1) is 20.2. The number of Topliss-reactive ketones (excluding diaryl/α,β-unsaturated/α-hetero) is 1. The van der Waals surface area contributed by atoms with E-state index in [0.29, 0.717) is 57.3 Å². The molecule has 1 saturated heterocycles. The van der Waals surface area contributed by atoms with E-state index in [1.165, 1.54) is 30.5 Å². The monoisotopic (exact) mass is 588 g/mol. The molecule has 42 heavy (non-hydrogen) atoms. The van der Waals surface area contributed by atoms with Crippen molar-refractivity contribution < 1.29 is 33.6 Å². The standard InChI is InChI=1S/C32H32N2O7S/c1-18(2)13-14-41-24-12-9-19(16-25(24)40-5)28-27(29(35)20-7-6-8-21(15-20)38-3)30(36)31(37)34(28)32-33-23-11-10-22(39-4)17-26(23)42-32/h6-12,15-18,28,35H,13-14H2,1-5H3/b29-27+. The Hall–Kier alpha value is -4.57. The van der Waals surface area contributed by atoms with Gasteiger partial charge in [-0.1, -0.05) is 43.4 Å². The predicted octanol–water partition coefficient (Wildman–Crippen LogP) is 6.37. The number of hydrogen-bond donors (Lipinski definition) is 1. The third-order valence-electron chi connectivity index (χ3n) is 7.03. The lowest BCUT2D eigenvalue weighted by Crippen LogP contribution is -2.29. The molecule has 3 aromatic carbocycles. The maximum absolute atomic E-state index is 13.7. The van der Waals surface area contributed by atoms with Crippen LogP contribution in [-0.4, -0.2) is 49.7 Å². The van der Waals surface area contributed by atoms with E-state index >= 15 is 0 Å². The third-order valence-corrected chi connectivity index (χ3v) is 8.05. The van der Waals surface area contributed by atoms with E-state index in [4.69, 9.17) is 18.9 Å². The van der Waals surface area contributed by atoms with Crippen LogP contribution < -0.4 is 23.8 Å². The number of ether oxygens (including phenoxy) is 4. The van der Waals surface area contributed by atoms with Gasteiger partial charge >= 0.3 is 5.91 Å². The highest BCUT2D eigenvalue weighted by Gasteiger charge is 2.48. The second-order valence-electron chi connectivity index (χ2n) is 10.2. The van der Waals surface area contributed by atoms with Gasteiger partial charge in [0, 0.05) is 5.56 Å². The highest BCUT2D eigenvalue weighted by Crippen LogP contribution is 2.46. The number of amides is 1. The van der Waals surface area contributed by atoms with Crippen molar-refractivity contribution >= 4 is 44.1 Å². The van der Waals surface area contributed by atoms with Gasteiger partial charge in [-0.3, -0.25) is 14.5 Å². The summed E-state index contributed by atoms with van der Waals surface area (Å²) in [6, 6.07) is 16.3. The number of rotatable bonds is 10. The SMILES string of the molecule is COc1cccc(/C(O)=C2\C(=O)C(=O)N(c3nc4ccc(OC)cc4s3)C2c2ccc(OCCC(C)C)c(OC)c2)c1. The summed E-state index contributed by atoms with van der Waals surface area (Å²) >= 11 is 1.25. The zero-order valence-electron chi connectivity index (χ0n) is 24.0. The second-order valence-corrected chi connectivity index (χ2v) is 11.2. The highest BCUT2D eigenvalue weighted by molar-refractivity contribution is 7.22. The number of nitrogens with zero attached hydrogens (tertiary/aromatic N) is 2. The van der Waals surface area contributed by atoms with Crippen molar-refractivity contribution in [2.45, 2.75) is 26.3 Å². The zero-order valence-corrected chi connectivity index (χ0v) is 24.9. The van der Waals surface area contributed by atoms with Gasteiger partial charge in [0.05, 0.1) is 49.8 Å². The van der Waals surface area contributed by atoms with Gasteiger partial charge < -0.3 is 24.1 Å². The summed E-state index contributed by atoms with van der Waals surface area (Å²) in [4.78, 5) is 33.3. The molecule has 1 aromatic heterocycles. The number of ketones is 1. The maximum Gasteiger partial charge on any atom is 0.301 e. The first-order valence-corrected chi connectivity index (χ1v) is 14.3. The van der Waals surface area contributed by atoms with Gasteiger partial charge in [0.1, 0.15) is 17.3 Å². The van der Waals surface area contributed by atoms with Crippen LogP contribution in [0.3, 0.4) is 0 Å². The Morgan fingerprint density at radius 2 is 1.71 bits per heavy atom. The number of anilines is 1. The Morgan fingerprint density at radius 3 is 2.43 bits per heavy atom. The van der Waals surface area contributed by atoms with E-state index < -0.39 is 17.7 Å². The van der Waals surface area contributed by atoms with E-state index in [0.717, 1.165) is 11.1 Å². The number of aromatic nitrogens is 1. The van der Waals surface area contributed by atoms with Crippen LogP contribution in [0.5, 0.6) is 23.0 Å². The first-order valence-electron chi connectivity index (χ1n) is 13.5. The fraction of sp³-hybridized carbons (Fsp3) is 0.281. The summed E-state index contributed by atoms with van der Waals surface area (Å²) in [5.41, 5.74) is 1.46. The molecule has 1 amide bonds. The predicted molar refractivity (Wildman–Crippen MR) is 162 cm³/mol. The van der Waals surface area contributed by atoms with Crippen molar-refractivity contribution in [3.05, 3.63) is 77.4 Å². The number of thiazole rings is 1. The lowest BCUT2D eigenvalue weighted by molar-refractivity contribution is -0.132. The quantitative estimate of drug-likeness (QED) is 0.129. The number of aliphatic hydroxyl groups excluding tert-OH is 1. The molecule has 0 spiro atoms. The largest absolute Gasteiger partial charge is 0.507 e. The number of carbonyl (C=O) groups is 2. The van der Waals surface area contributed by atoms with Gasteiger partial charge in [-0.05, 0) is 60.4 Å².